The van der Waals surface area contributed by atoms with E-state index in [0.717, 1.165) is 34.1 Å². The Kier molecular flexibility index (Phi) is 105. The van der Waals surface area contributed by atoms with Crippen molar-refractivity contribution >= 4 is 23.9 Å². The molecule has 0 aliphatic rings. The minimum absolute atomic E-state index is 0. The molecule has 4 N–H and O–H groups in total. The molecule has 10 nitrogen and oxygen atoms in total. The fraction of sp³-hybridized carbons (Fsp3) is 0.714. The summed E-state index contributed by atoms with van der Waals surface area (Å²) in [6.07, 6.45) is 4.54. The van der Waals surface area contributed by atoms with Crippen molar-refractivity contribution in [3.8, 4) is 0 Å². The largest absolute Gasteiger partial charge is 1.00 e. The van der Waals surface area contributed by atoms with Gasteiger partial charge in [0.15, 0.2) is 0 Å². The van der Waals surface area contributed by atoms with Crippen molar-refractivity contribution in [2.24, 2.45) is 11.5 Å². The van der Waals surface area contributed by atoms with Crippen LogP contribution in [0.15, 0.2) is 0 Å². The van der Waals surface area contributed by atoms with Gasteiger partial charge in [-0.25, -0.2) is 0 Å². The molecular weight excluding hydrogens is 416 g/mol. The van der Waals surface area contributed by atoms with Gasteiger partial charge >= 0.3 is 118 Å². The summed E-state index contributed by atoms with van der Waals surface area (Å²) in [4.78, 5) is 35.6. The van der Waals surface area contributed by atoms with E-state index in [-0.39, 0.29) is 124 Å². The normalized spacial score (nSPS) is 6.57. The molecule has 0 aromatic rings. The number of carbonyl (C=O) groups is 4. The van der Waals surface area contributed by atoms with Gasteiger partial charge in [-0.2, -0.15) is 0 Å². The molecule has 28 heavy (non-hydrogen) atoms. The first-order valence-corrected chi connectivity index (χ1v) is 6.92. The van der Waals surface area contributed by atoms with Crippen molar-refractivity contribution in [3.05, 3.63) is 0 Å². The Morgan fingerprint density at radius 2 is 0.821 bits per heavy atom. The second-order valence-electron chi connectivity index (χ2n) is 4.13. The summed E-state index contributed by atoms with van der Waals surface area (Å²) in [5.74, 6) is -4.33. The molecule has 0 saturated carbocycles. The molecule has 14 heteroatoms. The molecule has 0 atom stereocenters. The summed E-state index contributed by atoms with van der Waals surface area (Å²) < 4.78 is 0. The zero-order valence-electron chi connectivity index (χ0n) is 18.8. The van der Waals surface area contributed by atoms with Crippen LogP contribution in [-0.2, 0) is 19.2 Å². The van der Waals surface area contributed by atoms with E-state index >= 15 is 0 Å². The zero-order valence-corrected chi connectivity index (χ0v) is 26.8. The molecule has 0 spiro atoms. The maximum atomic E-state index is 8.89. The Morgan fingerprint density at radius 3 is 0.929 bits per heavy atom. The number of rotatable bonds is 4. The number of carboxylic acids is 4. The first kappa shape index (κ1) is 57.1. The van der Waals surface area contributed by atoms with E-state index in [2.05, 4.69) is 6.92 Å². The minimum Gasteiger partial charge on any atom is -0.550 e. The van der Waals surface area contributed by atoms with Crippen LogP contribution >= 0.6 is 0 Å². The van der Waals surface area contributed by atoms with Gasteiger partial charge in [-0.3, -0.25) is 0 Å². The van der Waals surface area contributed by atoms with E-state index < -0.39 is 23.9 Å². The molecule has 0 aromatic heterocycles. The van der Waals surface area contributed by atoms with Crippen molar-refractivity contribution in [2.45, 2.75) is 66.5 Å². The maximum absolute atomic E-state index is 8.89. The number of unbranched alkanes of at least 4 members (excludes halogenated alkanes) is 2. The summed E-state index contributed by atoms with van der Waals surface area (Å²) in [6.45, 7) is 6.06. The van der Waals surface area contributed by atoms with Crippen LogP contribution in [0, 0.1) is 0 Å². The molecule has 0 saturated heterocycles. The minimum atomic E-state index is -1.08. The summed E-state index contributed by atoms with van der Waals surface area (Å²) in [7, 11) is 0. The van der Waals surface area contributed by atoms with Crippen molar-refractivity contribution in [1.82, 2.24) is 0 Å². The summed E-state index contributed by atoms with van der Waals surface area (Å²) in [5, 5.41) is 35.6. The van der Waals surface area contributed by atoms with Gasteiger partial charge in [0.25, 0.3) is 0 Å². The average Bonchev–Trinajstić information content (AvgIpc) is 2.25. The Balaban J connectivity index is -0.0000000231. The smallest absolute Gasteiger partial charge is 0.550 e. The number of nitrogens with two attached hydrogens (primary N) is 2. The SMILES string of the molecule is CC(=O)[O-].CC(=O)[O-].CC(=O)[O-].CC(=O)[O-].CCCCCC(N)N.[Na+].[Na+].[Na+].[Na+]. The second kappa shape index (κ2) is 51.4. The van der Waals surface area contributed by atoms with Crippen LogP contribution in [0.5, 0.6) is 0 Å². The van der Waals surface area contributed by atoms with Gasteiger partial charge in [0.1, 0.15) is 0 Å². The average molecular weight is 444 g/mol. The predicted molar refractivity (Wildman–Crippen MR) is 79.0 cm³/mol. The number of carbonyl (C=O) groups excluding carboxylic acids is 4. The maximum Gasteiger partial charge on any atom is 1.00 e. The molecule has 0 aliphatic heterocycles. The molecule has 0 radical (unpaired) electrons. The van der Waals surface area contributed by atoms with E-state index in [1.807, 2.05) is 0 Å². The Morgan fingerprint density at radius 1 is 0.643 bits per heavy atom. The van der Waals surface area contributed by atoms with Crippen LogP contribution in [0.1, 0.15) is 60.3 Å². The van der Waals surface area contributed by atoms with Crippen LogP contribution in [0.4, 0.5) is 0 Å². The number of hydrogen-bond acceptors (Lipinski definition) is 10. The van der Waals surface area contributed by atoms with Crippen LogP contribution < -0.4 is 150 Å². The molecule has 146 valence electrons. The molecule has 0 unspecified atom stereocenters. The van der Waals surface area contributed by atoms with Crippen molar-refractivity contribution in [2.75, 3.05) is 0 Å². The van der Waals surface area contributed by atoms with Gasteiger partial charge in [0, 0.05) is 23.9 Å². The molecule has 0 fully saturated rings. The molecule has 0 bridgehead atoms. The predicted octanol–water partition coefficient (Wildman–Crippen LogP) is -16.1. The summed E-state index contributed by atoms with van der Waals surface area (Å²) in [5.41, 5.74) is 10.6. The van der Waals surface area contributed by atoms with Crippen molar-refractivity contribution in [3.63, 3.8) is 0 Å². The Bertz CT molecular complexity index is 272. The fourth-order valence-electron chi connectivity index (χ4n) is 0.630. The number of aliphatic carboxylic acids is 4. The van der Waals surface area contributed by atoms with Crippen LogP contribution in [0.25, 0.3) is 0 Å². The molecule has 0 aromatic carbocycles. The van der Waals surface area contributed by atoms with E-state index in [9.17, 15) is 0 Å². The quantitative estimate of drug-likeness (QED) is 0.237. The van der Waals surface area contributed by atoms with Crippen LogP contribution in [0.3, 0.4) is 0 Å². The molecule has 0 heterocycles. The van der Waals surface area contributed by atoms with Crippen molar-refractivity contribution in [1.29, 1.82) is 0 Å². The molecule has 0 amide bonds. The van der Waals surface area contributed by atoms with Crippen molar-refractivity contribution < 1.29 is 158 Å². The van der Waals surface area contributed by atoms with E-state index in [1.54, 1.807) is 0 Å². The van der Waals surface area contributed by atoms with Crippen LogP contribution in [0.2, 0.25) is 0 Å². The zero-order chi connectivity index (χ0) is 20.7. The summed E-state index contributed by atoms with van der Waals surface area (Å²) >= 11 is 0. The number of hydrogen-bond donors (Lipinski definition) is 2. The third-order valence-electron chi connectivity index (χ3n) is 1.14. The van der Waals surface area contributed by atoms with E-state index in [1.165, 1.54) is 19.3 Å². The van der Waals surface area contributed by atoms with Gasteiger partial charge in [0.2, 0.25) is 0 Å². The van der Waals surface area contributed by atoms with Gasteiger partial charge in [-0.05, 0) is 34.1 Å². The summed E-state index contributed by atoms with van der Waals surface area (Å²) in [6, 6.07) is 0. The van der Waals surface area contributed by atoms with E-state index in [4.69, 9.17) is 51.1 Å². The first-order chi connectivity index (χ1) is 10.7. The number of carboxylic acid groups (broad SMARTS) is 4. The topological polar surface area (TPSA) is 213 Å². The standard InChI is InChI=1S/C6H16N2.4C2H4O2.4Na/c1-2-3-4-5-6(7)8;4*1-2(3)4;;;;/h6H,2-5,7-8H2,1H3;4*1H3,(H,3,4);;;;/q;;;;;4*+1/p-4. The van der Waals surface area contributed by atoms with Gasteiger partial charge in [-0.1, -0.05) is 26.2 Å². The molecular formula is C14H28N2Na4O8. The van der Waals surface area contributed by atoms with Gasteiger partial charge in [-0.15, -0.1) is 0 Å². The first-order valence-electron chi connectivity index (χ1n) is 6.92. The van der Waals surface area contributed by atoms with Crippen LogP contribution in [-0.4, -0.2) is 30.0 Å². The molecule has 0 rings (SSSR count). The Labute approximate surface area is 256 Å². The second-order valence-corrected chi connectivity index (χ2v) is 4.13. The van der Waals surface area contributed by atoms with Gasteiger partial charge in [0.05, 0.1) is 6.17 Å². The monoisotopic (exact) mass is 444 g/mol. The van der Waals surface area contributed by atoms with Gasteiger partial charge < -0.3 is 51.1 Å². The Hall–Kier alpha value is 1.80. The third-order valence-corrected chi connectivity index (χ3v) is 1.14. The third kappa shape index (κ3) is 432. The van der Waals surface area contributed by atoms with E-state index in [0.29, 0.717) is 0 Å². The fourth-order valence-corrected chi connectivity index (χ4v) is 0.630. The molecule has 0 aliphatic carbocycles.